The quantitative estimate of drug-likeness (QED) is 0.800. The number of nitrogens with zero attached hydrogens (tertiary/aromatic N) is 2. The molecule has 21 heavy (non-hydrogen) atoms. The van der Waals surface area contributed by atoms with Crippen LogP contribution in [-0.4, -0.2) is 22.3 Å². The molecule has 0 atom stereocenters. The Hall–Kier alpha value is -2.04. The van der Waals surface area contributed by atoms with Crippen LogP contribution in [0, 0.1) is 0 Å². The van der Waals surface area contributed by atoms with Crippen molar-refractivity contribution >= 4 is 46.3 Å². The zero-order valence-electron chi connectivity index (χ0n) is 10.6. The van der Waals surface area contributed by atoms with Crippen molar-refractivity contribution in [1.82, 2.24) is 4.98 Å². The molecule has 3 rings (SSSR count). The van der Waals surface area contributed by atoms with Crippen LogP contribution in [0.3, 0.4) is 0 Å². The van der Waals surface area contributed by atoms with Crippen molar-refractivity contribution in [3.8, 4) is 0 Å². The monoisotopic (exact) mass is 318 g/mol. The first kappa shape index (κ1) is 13.9. The molecule has 0 saturated carbocycles. The van der Waals surface area contributed by atoms with Crippen molar-refractivity contribution in [1.29, 1.82) is 0 Å². The maximum atomic E-state index is 12.4. The van der Waals surface area contributed by atoms with E-state index in [-0.39, 0.29) is 34.5 Å². The highest BCUT2D eigenvalue weighted by Crippen LogP contribution is 2.27. The summed E-state index contributed by atoms with van der Waals surface area (Å²) in [5, 5.41) is 0.606. The van der Waals surface area contributed by atoms with E-state index in [4.69, 9.17) is 23.2 Å². The van der Waals surface area contributed by atoms with Crippen LogP contribution in [0.2, 0.25) is 10.0 Å². The number of fused-ring (bicyclic) bond motifs is 1. The summed E-state index contributed by atoms with van der Waals surface area (Å²) in [6.45, 7) is 0. The Morgan fingerprint density at radius 2 is 1.81 bits per heavy atom. The van der Waals surface area contributed by atoms with Gasteiger partial charge in [0.1, 0.15) is 0 Å². The van der Waals surface area contributed by atoms with Crippen LogP contribution in [-0.2, 0) is 0 Å². The van der Waals surface area contributed by atoms with Crippen LogP contribution >= 0.6 is 23.2 Å². The SMILES string of the molecule is O=C1CC(=Nc2ncc(Cl)cc2Cl)C(=O)c2ccccc21. The maximum absolute atomic E-state index is 12.4. The second-order valence-electron chi connectivity index (χ2n) is 4.49. The molecule has 1 heterocycles. The fraction of sp³-hybridized carbons (Fsp3) is 0.0667. The lowest BCUT2D eigenvalue weighted by molar-refractivity contribution is 0.0965. The maximum Gasteiger partial charge on any atom is 0.208 e. The van der Waals surface area contributed by atoms with Crippen molar-refractivity contribution in [3.05, 3.63) is 57.7 Å². The fourth-order valence-electron chi connectivity index (χ4n) is 2.12. The molecule has 0 fully saturated rings. The number of Topliss-reactive ketones (excluding diaryl/α,β-unsaturated/α-hetero) is 2. The van der Waals surface area contributed by atoms with E-state index in [1.165, 1.54) is 12.3 Å². The number of halogens is 2. The van der Waals surface area contributed by atoms with E-state index in [0.717, 1.165) is 0 Å². The molecule has 104 valence electrons. The molecule has 0 unspecified atom stereocenters. The molecule has 6 heteroatoms. The van der Waals surface area contributed by atoms with Crippen molar-refractivity contribution in [3.63, 3.8) is 0 Å². The van der Waals surface area contributed by atoms with Gasteiger partial charge in [0.25, 0.3) is 0 Å². The zero-order valence-corrected chi connectivity index (χ0v) is 12.1. The Balaban J connectivity index is 2.07. The fourth-order valence-corrected chi connectivity index (χ4v) is 2.54. The highest BCUT2D eigenvalue weighted by Gasteiger charge is 2.29. The highest BCUT2D eigenvalue weighted by molar-refractivity contribution is 6.53. The first-order chi connectivity index (χ1) is 10.1. The van der Waals surface area contributed by atoms with Gasteiger partial charge in [-0.15, -0.1) is 0 Å². The second-order valence-corrected chi connectivity index (χ2v) is 5.34. The molecule has 0 amide bonds. The number of aliphatic imine (C=N–C) groups is 1. The van der Waals surface area contributed by atoms with Gasteiger partial charge in [-0.05, 0) is 6.07 Å². The van der Waals surface area contributed by atoms with Crippen molar-refractivity contribution in [2.45, 2.75) is 6.42 Å². The summed E-state index contributed by atoms with van der Waals surface area (Å²) in [7, 11) is 0. The number of aromatic nitrogens is 1. The topological polar surface area (TPSA) is 59.4 Å². The van der Waals surface area contributed by atoms with E-state index >= 15 is 0 Å². The average molecular weight is 319 g/mol. The van der Waals surface area contributed by atoms with Crippen LogP contribution < -0.4 is 0 Å². The van der Waals surface area contributed by atoms with Gasteiger partial charge in [0.05, 0.1) is 22.2 Å². The van der Waals surface area contributed by atoms with Crippen molar-refractivity contribution in [2.75, 3.05) is 0 Å². The molecule has 1 aliphatic rings. The van der Waals surface area contributed by atoms with Crippen LogP contribution in [0.1, 0.15) is 27.1 Å². The van der Waals surface area contributed by atoms with Gasteiger partial charge in [0, 0.05) is 17.3 Å². The molecule has 1 aliphatic carbocycles. The smallest absolute Gasteiger partial charge is 0.208 e. The Labute approximate surface area is 130 Å². The van der Waals surface area contributed by atoms with Gasteiger partial charge < -0.3 is 0 Å². The Morgan fingerprint density at radius 1 is 1.10 bits per heavy atom. The zero-order chi connectivity index (χ0) is 15.0. The van der Waals surface area contributed by atoms with Gasteiger partial charge >= 0.3 is 0 Å². The molecule has 0 N–H and O–H groups in total. The molecule has 1 aromatic carbocycles. The number of carbonyl (C=O) groups is 2. The van der Waals surface area contributed by atoms with Crippen LogP contribution in [0.5, 0.6) is 0 Å². The predicted molar refractivity (Wildman–Crippen MR) is 81.1 cm³/mol. The van der Waals surface area contributed by atoms with E-state index in [0.29, 0.717) is 16.1 Å². The third-order valence-electron chi connectivity index (χ3n) is 3.09. The lowest BCUT2D eigenvalue weighted by Gasteiger charge is -2.15. The standard InChI is InChI=1S/C15H8Cl2N2O2/c16-8-5-11(17)15(18-7-8)19-12-6-13(20)9-3-1-2-4-10(9)14(12)21/h1-5,7H,6H2. The van der Waals surface area contributed by atoms with E-state index in [9.17, 15) is 9.59 Å². The minimum Gasteiger partial charge on any atom is -0.294 e. The summed E-state index contributed by atoms with van der Waals surface area (Å²) in [5.41, 5.74) is 0.921. The minimum absolute atomic E-state index is 0.0590. The van der Waals surface area contributed by atoms with Crippen molar-refractivity contribution in [2.24, 2.45) is 4.99 Å². The first-order valence-electron chi connectivity index (χ1n) is 6.12. The van der Waals surface area contributed by atoms with Crippen LogP contribution in [0.4, 0.5) is 5.82 Å². The third-order valence-corrected chi connectivity index (χ3v) is 3.58. The molecule has 0 aliphatic heterocycles. The lowest BCUT2D eigenvalue weighted by Crippen LogP contribution is -2.26. The number of rotatable bonds is 1. The highest BCUT2D eigenvalue weighted by atomic mass is 35.5. The predicted octanol–water partition coefficient (Wildman–Crippen LogP) is 3.93. The van der Waals surface area contributed by atoms with Crippen LogP contribution in [0.15, 0.2) is 41.5 Å². The third kappa shape index (κ3) is 2.60. The van der Waals surface area contributed by atoms with E-state index in [1.807, 2.05) is 0 Å². The molecule has 2 aromatic rings. The minimum atomic E-state index is -0.280. The summed E-state index contributed by atoms with van der Waals surface area (Å²) in [6.07, 6.45) is 1.33. The van der Waals surface area contributed by atoms with Gasteiger partial charge in [-0.3, -0.25) is 9.59 Å². The number of ketones is 2. The van der Waals surface area contributed by atoms with E-state index < -0.39 is 0 Å². The summed E-state index contributed by atoms with van der Waals surface area (Å²) in [5.74, 6) is -0.247. The number of pyridine rings is 1. The van der Waals surface area contributed by atoms with Crippen LogP contribution in [0.25, 0.3) is 0 Å². The number of hydrogen-bond acceptors (Lipinski definition) is 4. The molecule has 4 nitrogen and oxygen atoms in total. The normalized spacial score (nSPS) is 16.2. The van der Waals surface area contributed by atoms with Gasteiger partial charge in [-0.1, -0.05) is 47.5 Å². The molecule has 0 radical (unpaired) electrons. The van der Waals surface area contributed by atoms with Gasteiger partial charge in [0.2, 0.25) is 5.78 Å². The molecule has 0 saturated heterocycles. The van der Waals surface area contributed by atoms with E-state index in [2.05, 4.69) is 9.98 Å². The van der Waals surface area contributed by atoms with Gasteiger partial charge in [0.15, 0.2) is 11.6 Å². The first-order valence-corrected chi connectivity index (χ1v) is 6.87. The Kier molecular flexibility index (Phi) is 3.57. The molecular formula is C15H8Cl2N2O2. The van der Waals surface area contributed by atoms with Crippen molar-refractivity contribution < 1.29 is 9.59 Å². The summed E-state index contributed by atoms with van der Waals surface area (Å²) in [4.78, 5) is 32.5. The molecule has 0 spiro atoms. The number of carbonyl (C=O) groups excluding carboxylic acids is 2. The number of benzene rings is 1. The Bertz CT molecular complexity index is 800. The summed E-state index contributed by atoms with van der Waals surface area (Å²) >= 11 is 11.7. The Morgan fingerprint density at radius 3 is 2.52 bits per heavy atom. The average Bonchev–Trinajstić information content (AvgIpc) is 2.47. The molecular weight excluding hydrogens is 311 g/mol. The lowest BCUT2D eigenvalue weighted by atomic mass is 9.88. The number of hydrogen-bond donors (Lipinski definition) is 0. The largest absolute Gasteiger partial charge is 0.294 e. The van der Waals surface area contributed by atoms with Gasteiger partial charge in [-0.25, -0.2) is 9.98 Å². The summed E-state index contributed by atoms with van der Waals surface area (Å²) in [6, 6.07) is 8.17. The van der Waals surface area contributed by atoms with Gasteiger partial charge in [-0.2, -0.15) is 0 Å². The summed E-state index contributed by atoms with van der Waals surface area (Å²) < 4.78 is 0. The molecule has 1 aromatic heterocycles. The van der Waals surface area contributed by atoms with E-state index in [1.54, 1.807) is 24.3 Å². The second kappa shape index (κ2) is 5.39. The molecule has 0 bridgehead atoms.